The fourth-order valence-electron chi connectivity index (χ4n) is 3.20. The number of urea groups is 1. The summed E-state index contributed by atoms with van der Waals surface area (Å²) in [6.07, 6.45) is 1.29. The molecule has 172 valence electrons. The number of halogens is 3. The Balaban J connectivity index is 1.60. The van der Waals surface area contributed by atoms with E-state index in [0.717, 1.165) is 14.9 Å². The summed E-state index contributed by atoms with van der Waals surface area (Å²) in [7, 11) is 0. The number of phenols is 1. The van der Waals surface area contributed by atoms with Gasteiger partial charge < -0.3 is 9.84 Å². The molecule has 1 fully saturated rings. The molecule has 1 aliphatic heterocycles. The van der Waals surface area contributed by atoms with Gasteiger partial charge in [-0.2, -0.15) is 0 Å². The molecule has 3 aromatic carbocycles. The summed E-state index contributed by atoms with van der Waals surface area (Å²) < 4.78 is 6.70. The van der Waals surface area contributed by atoms with Crippen LogP contribution in [0.15, 0.2) is 70.7 Å². The minimum atomic E-state index is -0.898. The number of carbonyl (C=O) groups excluding carboxylic acids is 3. The van der Waals surface area contributed by atoms with E-state index in [0.29, 0.717) is 5.56 Å². The summed E-state index contributed by atoms with van der Waals surface area (Å²) in [5, 5.41) is 12.0. The topological polar surface area (TPSA) is 95.9 Å². The van der Waals surface area contributed by atoms with Crippen LogP contribution in [0.3, 0.4) is 0 Å². The average molecular weight is 562 g/mol. The Morgan fingerprint density at radius 3 is 2.21 bits per heavy atom. The second-order valence-corrected chi connectivity index (χ2v) is 8.93. The van der Waals surface area contributed by atoms with Crippen LogP contribution in [0.25, 0.3) is 6.08 Å². The first-order valence-electron chi connectivity index (χ1n) is 9.79. The molecule has 4 rings (SSSR count). The van der Waals surface area contributed by atoms with Crippen LogP contribution in [-0.4, -0.2) is 23.0 Å². The van der Waals surface area contributed by atoms with E-state index in [1.165, 1.54) is 42.5 Å². The van der Waals surface area contributed by atoms with Crippen molar-refractivity contribution in [3.05, 3.63) is 91.9 Å². The molecule has 34 heavy (non-hydrogen) atoms. The molecular formula is C24H15BrCl2N2O5. The number of barbiturate groups is 1. The molecule has 1 saturated heterocycles. The van der Waals surface area contributed by atoms with Crippen molar-refractivity contribution in [3.63, 3.8) is 0 Å². The monoisotopic (exact) mass is 560 g/mol. The zero-order chi connectivity index (χ0) is 24.4. The number of benzene rings is 3. The standard InChI is InChI=1S/C24H15BrCl2N2O5/c25-15-3-1-13(2-4-15)12-34-21-19(26)10-14(11-20(21)27)9-18-22(31)28-24(33)29(23(18)32)16-5-7-17(30)8-6-16/h1-11,30H,12H2,(H,28,31,33)/b18-9+. The van der Waals surface area contributed by atoms with Crippen LogP contribution < -0.4 is 15.0 Å². The van der Waals surface area contributed by atoms with E-state index in [4.69, 9.17) is 27.9 Å². The number of ether oxygens (including phenoxy) is 1. The summed E-state index contributed by atoms with van der Waals surface area (Å²) in [6.45, 7) is 0.234. The Labute approximate surface area is 212 Å². The number of hydrogen-bond acceptors (Lipinski definition) is 5. The molecule has 0 bridgehead atoms. The Kier molecular flexibility index (Phi) is 6.92. The first-order valence-corrected chi connectivity index (χ1v) is 11.3. The number of anilines is 1. The zero-order valence-corrected chi connectivity index (χ0v) is 20.3. The molecule has 0 radical (unpaired) electrons. The third-order valence-electron chi connectivity index (χ3n) is 4.84. The van der Waals surface area contributed by atoms with E-state index in [9.17, 15) is 19.5 Å². The Morgan fingerprint density at radius 1 is 0.971 bits per heavy atom. The predicted molar refractivity (Wildman–Crippen MR) is 132 cm³/mol. The number of carbonyl (C=O) groups is 3. The van der Waals surface area contributed by atoms with Gasteiger partial charge in [-0.05, 0) is 65.7 Å². The first-order chi connectivity index (χ1) is 16.2. The quantitative estimate of drug-likeness (QED) is 0.307. The van der Waals surface area contributed by atoms with Crippen molar-refractivity contribution in [2.75, 3.05) is 4.90 Å². The number of imide groups is 2. The highest BCUT2D eigenvalue weighted by Crippen LogP contribution is 2.36. The summed E-state index contributed by atoms with van der Waals surface area (Å²) in [5.74, 6) is -1.46. The lowest BCUT2D eigenvalue weighted by molar-refractivity contribution is -0.122. The fraction of sp³-hybridized carbons (Fsp3) is 0.0417. The van der Waals surface area contributed by atoms with E-state index >= 15 is 0 Å². The maximum absolute atomic E-state index is 13.0. The smallest absolute Gasteiger partial charge is 0.335 e. The van der Waals surface area contributed by atoms with Gasteiger partial charge in [0.25, 0.3) is 11.8 Å². The molecule has 0 atom stereocenters. The zero-order valence-electron chi connectivity index (χ0n) is 17.2. The highest BCUT2D eigenvalue weighted by molar-refractivity contribution is 9.10. The molecule has 4 amide bonds. The molecule has 1 aliphatic rings. The van der Waals surface area contributed by atoms with Crippen molar-refractivity contribution < 1.29 is 24.2 Å². The molecular weight excluding hydrogens is 547 g/mol. The van der Waals surface area contributed by atoms with E-state index < -0.39 is 17.8 Å². The van der Waals surface area contributed by atoms with E-state index in [-0.39, 0.29) is 39.4 Å². The maximum atomic E-state index is 13.0. The molecule has 3 aromatic rings. The molecule has 7 nitrogen and oxygen atoms in total. The van der Waals surface area contributed by atoms with Gasteiger partial charge in [0.2, 0.25) is 0 Å². The first kappa shape index (κ1) is 23.8. The number of nitrogens with one attached hydrogen (secondary N) is 1. The van der Waals surface area contributed by atoms with Gasteiger partial charge in [-0.25, -0.2) is 9.69 Å². The minimum Gasteiger partial charge on any atom is -0.508 e. The van der Waals surface area contributed by atoms with Gasteiger partial charge in [0.05, 0.1) is 15.7 Å². The van der Waals surface area contributed by atoms with Crippen molar-refractivity contribution in [2.45, 2.75) is 6.61 Å². The Hall–Kier alpha value is -3.33. The van der Waals surface area contributed by atoms with Crippen LogP contribution in [0.5, 0.6) is 11.5 Å². The maximum Gasteiger partial charge on any atom is 0.335 e. The van der Waals surface area contributed by atoms with Crippen LogP contribution in [0.4, 0.5) is 10.5 Å². The molecule has 0 aromatic heterocycles. The van der Waals surface area contributed by atoms with Crippen molar-refractivity contribution in [1.82, 2.24) is 5.32 Å². The van der Waals surface area contributed by atoms with E-state index in [2.05, 4.69) is 21.2 Å². The van der Waals surface area contributed by atoms with Crippen LogP contribution in [0.1, 0.15) is 11.1 Å². The van der Waals surface area contributed by atoms with Gasteiger partial charge in [-0.1, -0.05) is 51.3 Å². The molecule has 10 heteroatoms. The Morgan fingerprint density at radius 2 is 1.59 bits per heavy atom. The molecule has 2 N–H and O–H groups in total. The molecule has 0 aliphatic carbocycles. The van der Waals surface area contributed by atoms with Crippen molar-refractivity contribution in [2.24, 2.45) is 0 Å². The summed E-state index contributed by atoms with van der Waals surface area (Å²) >= 11 is 16.1. The van der Waals surface area contributed by atoms with Crippen molar-refractivity contribution in [3.8, 4) is 11.5 Å². The van der Waals surface area contributed by atoms with Gasteiger partial charge in [0, 0.05) is 4.47 Å². The third kappa shape index (κ3) is 5.09. The lowest BCUT2D eigenvalue weighted by atomic mass is 10.1. The second-order valence-electron chi connectivity index (χ2n) is 7.20. The van der Waals surface area contributed by atoms with Gasteiger partial charge in [-0.3, -0.25) is 14.9 Å². The van der Waals surface area contributed by atoms with Gasteiger partial charge in [0.1, 0.15) is 17.9 Å². The SMILES string of the molecule is O=C1NC(=O)N(c2ccc(O)cc2)C(=O)/C1=C/c1cc(Cl)c(OCc2ccc(Br)cc2)c(Cl)c1. The number of aromatic hydroxyl groups is 1. The van der Waals surface area contributed by atoms with Crippen LogP contribution in [-0.2, 0) is 16.2 Å². The molecule has 1 heterocycles. The van der Waals surface area contributed by atoms with Gasteiger partial charge in [0.15, 0.2) is 5.75 Å². The Bertz CT molecular complexity index is 1300. The fourth-order valence-corrected chi connectivity index (χ4v) is 4.07. The summed E-state index contributed by atoms with van der Waals surface area (Å²) in [5.41, 5.74) is 1.17. The highest BCUT2D eigenvalue weighted by atomic mass is 79.9. The van der Waals surface area contributed by atoms with Crippen LogP contribution in [0, 0.1) is 0 Å². The van der Waals surface area contributed by atoms with Crippen LogP contribution >= 0.6 is 39.1 Å². The number of rotatable bonds is 5. The lowest BCUT2D eigenvalue weighted by Gasteiger charge is -2.26. The number of nitrogens with zero attached hydrogens (tertiary/aromatic N) is 1. The number of amides is 4. The average Bonchev–Trinajstić information content (AvgIpc) is 2.78. The van der Waals surface area contributed by atoms with E-state index in [1.54, 1.807) is 0 Å². The van der Waals surface area contributed by atoms with Gasteiger partial charge >= 0.3 is 6.03 Å². The van der Waals surface area contributed by atoms with Crippen molar-refractivity contribution in [1.29, 1.82) is 0 Å². The number of hydrogen-bond donors (Lipinski definition) is 2. The minimum absolute atomic E-state index is 0.0350. The molecule has 0 saturated carbocycles. The predicted octanol–water partition coefficient (Wildman–Crippen LogP) is 5.71. The van der Waals surface area contributed by atoms with Crippen molar-refractivity contribution >= 4 is 68.7 Å². The largest absolute Gasteiger partial charge is 0.508 e. The lowest BCUT2D eigenvalue weighted by Crippen LogP contribution is -2.54. The summed E-state index contributed by atoms with van der Waals surface area (Å²) in [6, 6.07) is 15.1. The number of phenolic OH excluding ortho intramolecular Hbond substituents is 1. The van der Waals surface area contributed by atoms with Gasteiger partial charge in [-0.15, -0.1) is 0 Å². The highest BCUT2D eigenvalue weighted by Gasteiger charge is 2.36. The second kappa shape index (κ2) is 9.89. The third-order valence-corrected chi connectivity index (χ3v) is 5.93. The van der Waals surface area contributed by atoms with E-state index in [1.807, 2.05) is 24.3 Å². The molecule has 0 spiro atoms. The normalized spacial score (nSPS) is 15.0. The van der Waals surface area contributed by atoms with Crippen LogP contribution in [0.2, 0.25) is 10.0 Å². The summed E-state index contributed by atoms with van der Waals surface area (Å²) in [4.78, 5) is 38.4. The molecule has 0 unspecified atom stereocenters.